The molecule has 0 aliphatic heterocycles. The Labute approximate surface area is 138 Å². The normalized spacial score (nSPS) is 21.8. The summed E-state index contributed by atoms with van der Waals surface area (Å²) < 4.78 is 1.09. The number of aliphatic hydroxyl groups excluding tert-OH is 1. The van der Waals surface area contributed by atoms with Crippen molar-refractivity contribution in [2.75, 3.05) is 5.32 Å². The van der Waals surface area contributed by atoms with E-state index < -0.39 is 0 Å². The molecule has 0 radical (unpaired) electrons. The Bertz CT molecular complexity index is 785. The average Bonchev–Trinajstić information content (AvgIpc) is 3.02. The molecule has 1 saturated carbocycles. The second kappa shape index (κ2) is 6.22. The van der Waals surface area contributed by atoms with Gasteiger partial charge in [0.05, 0.1) is 16.3 Å². The lowest BCUT2D eigenvalue weighted by Gasteiger charge is -2.38. The van der Waals surface area contributed by atoms with E-state index in [0.29, 0.717) is 5.92 Å². The number of thiophene rings is 1. The van der Waals surface area contributed by atoms with Gasteiger partial charge < -0.3 is 10.4 Å². The number of hydrogen-bond acceptors (Lipinski definition) is 6. The number of hydrogen-bond donors (Lipinski definition) is 2. The standard InChI is InChI=1S/C17H18N4OS/c22-13-8-12(9-13)15(7-11-1-4-18-5-2-11)21-17-16-14(3-6-23-16)19-10-20-17/h1-6,10,12-13,15,22H,7-9H2,(H,19,20,21)/t12?,13?,15-/m0/s1. The summed E-state index contributed by atoms with van der Waals surface area (Å²) in [6.07, 6.45) is 7.69. The third-order valence-corrected chi connectivity index (χ3v) is 5.40. The first-order chi connectivity index (χ1) is 11.3. The van der Waals surface area contributed by atoms with Crippen LogP contribution in [-0.2, 0) is 6.42 Å². The second-order valence-electron chi connectivity index (χ2n) is 6.05. The van der Waals surface area contributed by atoms with Crippen LogP contribution in [0.3, 0.4) is 0 Å². The summed E-state index contributed by atoms with van der Waals surface area (Å²) in [7, 11) is 0. The van der Waals surface area contributed by atoms with Gasteiger partial charge in [0.2, 0.25) is 0 Å². The highest BCUT2D eigenvalue weighted by molar-refractivity contribution is 7.17. The summed E-state index contributed by atoms with van der Waals surface area (Å²) in [6, 6.07) is 6.35. The van der Waals surface area contributed by atoms with E-state index in [1.807, 2.05) is 36.0 Å². The van der Waals surface area contributed by atoms with E-state index in [1.54, 1.807) is 17.7 Å². The molecule has 1 aliphatic carbocycles. The first-order valence-electron chi connectivity index (χ1n) is 7.81. The summed E-state index contributed by atoms with van der Waals surface area (Å²) in [5.74, 6) is 1.36. The van der Waals surface area contributed by atoms with Crippen LogP contribution in [0, 0.1) is 5.92 Å². The van der Waals surface area contributed by atoms with Crippen LogP contribution in [-0.4, -0.2) is 32.2 Å². The molecule has 5 nitrogen and oxygen atoms in total. The van der Waals surface area contributed by atoms with Gasteiger partial charge in [0.1, 0.15) is 12.1 Å². The van der Waals surface area contributed by atoms with Crippen molar-refractivity contribution < 1.29 is 5.11 Å². The molecule has 3 heterocycles. The van der Waals surface area contributed by atoms with Gasteiger partial charge in [-0.25, -0.2) is 9.97 Å². The number of nitrogens with one attached hydrogen (secondary N) is 1. The van der Waals surface area contributed by atoms with Crippen molar-refractivity contribution in [1.29, 1.82) is 0 Å². The molecule has 3 aromatic heterocycles. The monoisotopic (exact) mass is 326 g/mol. The van der Waals surface area contributed by atoms with Crippen LogP contribution in [0.2, 0.25) is 0 Å². The Kier molecular flexibility index (Phi) is 3.93. The Morgan fingerprint density at radius 2 is 2.04 bits per heavy atom. The minimum atomic E-state index is -0.158. The van der Waals surface area contributed by atoms with Crippen molar-refractivity contribution in [3.8, 4) is 0 Å². The Morgan fingerprint density at radius 1 is 1.22 bits per heavy atom. The van der Waals surface area contributed by atoms with Gasteiger partial charge in [0, 0.05) is 18.4 Å². The largest absolute Gasteiger partial charge is 0.393 e. The molecule has 3 aromatic rings. The van der Waals surface area contributed by atoms with Crippen LogP contribution >= 0.6 is 11.3 Å². The maximum absolute atomic E-state index is 9.68. The second-order valence-corrected chi connectivity index (χ2v) is 6.97. The molecule has 1 fully saturated rings. The van der Waals surface area contributed by atoms with E-state index >= 15 is 0 Å². The van der Waals surface area contributed by atoms with E-state index in [4.69, 9.17) is 0 Å². The highest BCUT2D eigenvalue weighted by Gasteiger charge is 2.34. The molecule has 1 atom stereocenters. The van der Waals surface area contributed by atoms with Gasteiger partial charge in [-0.05, 0) is 54.3 Å². The molecule has 0 bridgehead atoms. The van der Waals surface area contributed by atoms with Crippen molar-refractivity contribution >= 4 is 27.4 Å². The molecule has 0 spiro atoms. The molecule has 4 rings (SSSR count). The molecular formula is C17H18N4OS. The number of rotatable bonds is 5. The quantitative estimate of drug-likeness (QED) is 0.754. The van der Waals surface area contributed by atoms with Gasteiger partial charge in [-0.3, -0.25) is 4.98 Å². The Balaban J connectivity index is 1.59. The van der Waals surface area contributed by atoms with Crippen LogP contribution < -0.4 is 5.32 Å². The lowest BCUT2D eigenvalue weighted by atomic mass is 9.75. The molecular weight excluding hydrogens is 308 g/mol. The predicted octanol–water partition coefficient (Wildman–Crippen LogP) is 2.88. The fourth-order valence-electron chi connectivity index (χ4n) is 3.13. The highest BCUT2D eigenvalue weighted by atomic mass is 32.1. The number of aromatic nitrogens is 3. The zero-order valence-electron chi connectivity index (χ0n) is 12.6. The first kappa shape index (κ1) is 14.5. The summed E-state index contributed by atoms with van der Waals surface area (Å²) in [4.78, 5) is 12.8. The van der Waals surface area contributed by atoms with Crippen molar-refractivity contribution in [3.05, 3.63) is 47.9 Å². The van der Waals surface area contributed by atoms with Gasteiger partial charge in [-0.2, -0.15) is 0 Å². The average molecular weight is 326 g/mol. The van der Waals surface area contributed by atoms with Crippen molar-refractivity contribution in [1.82, 2.24) is 15.0 Å². The van der Waals surface area contributed by atoms with Crippen molar-refractivity contribution in [2.24, 2.45) is 5.92 Å². The smallest absolute Gasteiger partial charge is 0.147 e. The fraction of sp³-hybridized carbons (Fsp3) is 0.353. The summed E-state index contributed by atoms with van der Waals surface area (Å²) >= 11 is 1.65. The van der Waals surface area contributed by atoms with Crippen molar-refractivity contribution in [3.63, 3.8) is 0 Å². The van der Waals surface area contributed by atoms with Gasteiger partial charge in [0.25, 0.3) is 0 Å². The van der Waals surface area contributed by atoms with Crippen LogP contribution in [0.1, 0.15) is 18.4 Å². The maximum Gasteiger partial charge on any atom is 0.147 e. The van der Waals surface area contributed by atoms with Crippen LogP contribution in [0.4, 0.5) is 5.82 Å². The van der Waals surface area contributed by atoms with Gasteiger partial charge >= 0.3 is 0 Å². The van der Waals surface area contributed by atoms with E-state index in [2.05, 4.69) is 20.3 Å². The van der Waals surface area contributed by atoms with E-state index in [0.717, 1.165) is 35.3 Å². The Morgan fingerprint density at radius 3 is 2.83 bits per heavy atom. The van der Waals surface area contributed by atoms with E-state index in [9.17, 15) is 5.11 Å². The van der Waals surface area contributed by atoms with Gasteiger partial charge in [-0.1, -0.05) is 0 Å². The molecule has 0 saturated heterocycles. The number of fused-ring (bicyclic) bond motifs is 1. The summed E-state index contributed by atoms with van der Waals surface area (Å²) in [6.45, 7) is 0. The zero-order chi connectivity index (χ0) is 15.6. The van der Waals surface area contributed by atoms with E-state index in [1.165, 1.54) is 5.56 Å². The lowest BCUT2D eigenvalue weighted by molar-refractivity contribution is 0.0342. The van der Waals surface area contributed by atoms with E-state index in [-0.39, 0.29) is 12.1 Å². The van der Waals surface area contributed by atoms with Crippen LogP contribution in [0.5, 0.6) is 0 Å². The third kappa shape index (κ3) is 3.04. The first-order valence-corrected chi connectivity index (χ1v) is 8.69. The summed E-state index contributed by atoms with van der Waals surface area (Å²) in [5, 5.41) is 15.3. The van der Waals surface area contributed by atoms with Crippen LogP contribution in [0.25, 0.3) is 10.2 Å². The van der Waals surface area contributed by atoms with Gasteiger partial charge in [-0.15, -0.1) is 11.3 Å². The van der Waals surface area contributed by atoms with Gasteiger partial charge in [0.15, 0.2) is 0 Å². The zero-order valence-corrected chi connectivity index (χ0v) is 13.4. The van der Waals surface area contributed by atoms with Crippen molar-refractivity contribution in [2.45, 2.75) is 31.4 Å². The minimum absolute atomic E-state index is 0.158. The Hall–Kier alpha value is -2.05. The molecule has 0 amide bonds. The number of anilines is 1. The molecule has 2 N–H and O–H groups in total. The van der Waals surface area contributed by atoms with Crippen LogP contribution in [0.15, 0.2) is 42.3 Å². The predicted molar refractivity (Wildman–Crippen MR) is 91.5 cm³/mol. The number of nitrogens with zero attached hydrogens (tertiary/aromatic N) is 3. The number of aliphatic hydroxyl groups is 1. The molecule has 23 heavy (non-hydrogen) atoms. The molecule has 0 unspecified atom stereocenters. The molecule has 6 heteroatoms. The number of pyridine rings is 1. The third-order valence-electron chi connectivity index (χ3n) is 4.49. The lowest BCUT2D eigenvalue weighted by Crippen LogP contribution is -2.42. The highest BCUT2D eigenvalue weighted by Crippen LogP contribution is 2.34. The fourth-order valence-corrected chi connectivity index (χ4v) is 3.93. The molecule has 1 aliphatic rings. The molecule has 0 aromatic carbocycles. The summed E-state index contributed by atoms with van der Waals surface area (Å²) in [5.41, 5.74) is 2.22. The molecule has 118 valence electrons. The minimum Gasteiger partial charge on any atom is -0.393 e. The maximum atomic E-state index is 9.68. The SMILES string of the molecule is OC1CC([C@H](Cc2ccncc2)Nc2ncnc3ccsc23)C1. The topological polar surface area (TPSA) is 70.9 Å².